The van der Waals surface area contributed by atoms with E-state index in [2.05, 4.69) is 4.74 Å². The molecule has 0 fully saturated rings. The van der Waals surface area contributed by atoms with E-state index < -0.39 is 11.9 Å². The van der Waals surface area contributed by atoms with Crippen LogP contribution in [-0.2, 0) is 14.3 Å². The molecule has 0 N–H and O–H groups in total. The van der Waals surface area contributed by atoms with Crippen LogP contribution < -0.4 is 0 Å². The van der Waals surface area contributed by atoms with Gasteiger partial charge in [0.25, 0.3) is 0 Å². The van der Waals surface area contributed by atoms with Crippen LogP contribution in [0.5, 0.6) is 0 Å². The number of hydrogen-bond acceptors (Lipinski definition) is 3. The van der Waals surface area contributed by atoms with Crippen molar-refractivity contribution in [3.8, 4) is 0 Å². The predicted molar refractivity (Wildman–Crippen MR) is 55.2 cm³/mol. The van der Waals surface area contributed by atoms with Crippen LogP contribution in [0.4, 0.5) is 0 Å². The molecular weight excluding hydrogens is 192 g/mol. The first-order chi connectivity index (χ1) is 7.24. The van der Waals surface area contributed by atoms with Gasteiger partial charge in [0.05, 0.1) is 7.11 Å². The summed E-state index contributed by atoms with van der Waals surface area (Å²) in [6.07, 6.45) is 3.14. The minimum Gasteiger partial charge on any atom is -0.468 e. The van der Waals surface area contributed by atoms with Crippen LogP contribution in [0, 0.1) is 0 Å². The maximum Gasteiger partial charge on any atom is 0.321 e. The lowest BCUT2D eigenvalue weighted by Crippen LogP contribution is -2.24. The predicted octanol–water partition coefficient (Wildman–Crippen LogP) is 1.54. The quantitative estimate of drug-likeness (QED) is 0.512. The summed E-state index contributed by atoms with van der Waals surface area (Å²) in [7, 11) is 1.29. The maximum atomic E-state index is 11.6. The van der Waals surface area contributed by atoms with E-state index in [9.17, 15) is 9.59 Å². The Hall–Kier alpha value is -1.90. The highest BCUT2D eigenvalue weighted by Gasteiger charge is 2.31. The average molecular weight is 202 g/mol. The Balaban J connectivity index is 2.51. The molecule has 3 nitrogen and oxygen atoms in total. The standard InChI is InChI=1S/C12H10O3/c1-15-12(14)11-9-5-3-2-4-8(9)6-7-10(11)13/h2-7,11H,1H3. The molecule has 0 bridgehead atoms. The molecule has 76 valence electrons. The molecule has 1 aromatic carbocycles. The summed E-state index contributed by atoms with van der Waals surface area (Å²) in [4.78, 5) is 23.0. The fraction of sp³-hybridized carbons (Fsp3) is 0.167. The molecule has 0 saturated carbocycles. The highest BCUT2D eigenvalue weighted by atomic mass is 16.5. The normalized spacial score (nSPS) is 18.5. The molecule has 1 unspecified atom stereocenters. The summed E-state index contributed by atoms with van der Waals surface area (Å²) in [6.45, 7) is 0. The molecule has 1 atom stereocenters. The van der Waals surface area contributed by atoms with E-state index in [1.165, 1.54) is 13.2 Å². The molecule has 0 spiro atoms. The van der Waals surface area contributed by atoms with Gasteiger partial charge in [-0.3, -0.25) is 9.59 Å². The third-order valence-corrected chi connectivity index (χ3v) is 2.46. The number of hydrogen-bond donors (Lipinski definition) is 0. The average Bonchev–Trinajstić information content (AvgIpc) is 2.28. The van der Waals surface area contributed by atoms with Gasteiger partial charge < -0.3 is 4.74 Å². The van der Waals surface area contributed by atoms with E-state index in [1.807, 2.05) is 12.1 Å². The summed E-state index contributed by atoms with van der Waals surface area (Å²) in [5, 5.41) is 0. The lowest BCUT2D eigenvalue weighted by Gasteiger charge is -2.17. The zero-order valence-corrected chi connectivity index (χ0v) is 8.27. The summed E-state index contributed by atoms with van der Waals surface area (Å²) in [6, 6.07) is 7.32. The summed E-state index contributed by atoms with van der Waals surface area (Å²) in [5.74, 6) is -1.52. The Labute approximate surface area is 87.4 Å². The molecule has 0 aromatic heterocycles. The number of benzene rings is 1. The third kappa shape index (κ3) is 1.56. The zero-order chi connectivity index (χ0) is 10.8. The lowest BCUT2D eigenvalue weighted by molar-refractivity contribution is -0.144. The zero-order valence-electron chi connectivity index (χ0n) is 8.27. The van der Waals surface area contributed by atoms with E-state index in [4.69, 9.17) is 0 Å². The van der Waals surface area contributed by atoms with Gasteiger partial charge in [-0.25, -0.2) is 0 Å². The number of carbonyl (C=O) groups is 2. The van der Waals surface area contributed by atoms with E-state index >= 15 is 0 Å². The molecule has 0 heterocycles. The molecule has 1 aromatic rings. The van der Waals surface area contributed by atoms with Gasteiger partial charge in [0, 0.05) is 0 Å². The van der Waals surface area contributed by atoms with Crippen molar-refractivity contribution in [1.29, 1.82) is 0 Å². The fourth-order valence-corrected chi connectivity index (χ4v) is 1.71. The van der Waals surface area contributed by atoms with E-state index in [1.54, 1.807) is 18.2 Å². The topological polar surface area (TPSA) is 43.4 Å². The SMILES string of the molecule is COC(=O)C1C(=O)C=Cc2ccccc21. The van der Waals surface area contributed by atoms with Crippen molar-refractivity contribution in [2.75, 3.05) is 7.11 Å². The molecule has 15 heavy (non-hydrogen) atoms. The van der Waals surface area contributed by atoms with Crippen molar-refractivity contribution in [3.63, 3.8) is 0 Å². The summed E-state index contributed by atoms with van der Waals surface area (Å²) in [5.41, 5.74) is 1.62. The molecule has 0 amide bonds. The van der Waals surface area contributed by atoms with Crippen molar-refractivity contribution >= 4 is 17.8 Å². The summed E-state index contributed by atoms with van der Waals surface area (Å²) >= 11 is 0. The molecular formula is C12H10O3. The molecule has 0 saturated heterocycles. The van der Waals surface area contributed by atoms with Crippen LogP contribution in [0.3, 0.4) is 0 Å². The van der Waals surface area contributed by atoms with Crippen LogP contribution >= 0.6 is 0 Å². The Morgan fingerprint density at radius 1 is 1.27 bits per heavy atom. The van der Waals surface area contributed by atoms with Crippen LogP contribution in [0.25, 0.3) is 6.08 Å². The first kappa shape index (κ1) is 9.65. The Morgan fingerprint density at radius 3 is 2.73 bits per heavy atom. The van der Waals surface area contributed by atoms with Crippen molar-refractivity contribution in [2.45, 2.75) is 5.92 Å². The lowest BCUT2D eigenvalue weighted by atomic mass is 9.86. The van der Waals surface area contributed by atoms with Gasteiger partial charge in [-0.2, -0.15) is 0 Å². The van der Waals surface area contributed by atoms with Gasteiger partial charge >= 0.3 is 5.97 Å². The first-order valence-corrected chi connectivity index (χ1v) is 4.62. The maximum absolute atomic E-state index is 11.6. The van der Waals surface area contributed by atoms with Gasteiger partial charge in [-0.15, -0.1) is 0 Å². The van der Waals surface area contributed by atoms with Gasteiger partial charge in [-0.05, 0) is 17.2 Å². The molecule has 1 aliphatic rings. The fourth-order valence-electron chi connectivity index (χ4n) is 1.71. The minimum absolute atomic E-state index is 0.222. The van der Waals surface area contributed by atoms with Crippen LogP contribution in [0.2, 0.25) is 0 Å². The number of fused-ring (bicyclic) bond motifs is 1. The molecule has 0 aliphatic heterocycles. The van der Waals surface area contributed by atoms with Crippen LogP contribution in [0.1, 0.15) is 17.0 Å². The highest BCUT2D eigenvalue weighted by molar-refractivity contribution is 6.13. The second kappa shape index (κ2) is 3.69. The largest absolute Gasteiger partial charge is 0.468 e. The van der Waals surface area contributed by atoms with Gasteiger partial charge in [0.15, 0.2) is 5.78 Å². The van der Waals surface area contributed by atoms with Crippen LogP contribution in [0.15, 0.2) is 30.3 Å². The van der Waals surface area contributed by atoms with Crippen molar-refractivity contribution in [1.82, 2.24) is 0 Å². The van der Waals surface area contributed by atoms with Crippen molar-refractivity contribution in [2.24, 2.45) is 0 Å². The Kier molecular flexibility index (Phi) is 2.37. The molecule has 1 aliphatic carbocycles. The van der Waals surface area contributed by atoms with E-state index in [-0.39, 0.29) is 5.78 Å². The molecule has 2 rings (SSSR count). The number of ketones is 1. The van der Waals surface area contributed by atoms with Crippen molar-refractivity contribution < 1.29 is 14.3 Å². The second-order valence-electron chi connectivity index (χ2n) is 3.32. The highest BCUT2D eigenvalue weighted by Crippen LogP contribution is 2.27. The Bertz CT molecular complexity index is 446. The van der Waals surface area contributed by atoms with E-state index in [0.29, 0.717) is 0 Å². The third-order valence-electron chi connectivity index (χ3n) is 2.46. The van der Waals surface area contributed by atoms with Crippen molar-refractivity contribution in [3.05, 3.63) is 41.5 Å². The van der Waals surface area contributed by atoms with E-state index in [0.717, 1.165) is 11.1 Å². The second-order valence-corrected chi connectivity index (χ2v) is 3.32. The van der Waals surface area contributed by atoms with Gasteiger partial charge in [0.2, 0.25) is 0 Å². The number of esters is 1. The number of methoxy groups -OCH3 is 1. The van der Waals surface area contributed by atoms with Crippen LogP contribution in [-0.4, -0.2) is 18.9 Å². The number of allylic oxidation sites excluding steroid dienone is 1. The Morgan fingerprint density at radius 2 is 2.00 bits per heavy atom. The summed E-state index contributed by atoms with van der Waals surface area (Å²) < 4.78 is 4.62. The smallest absolute Gasteiger partial charge is 0.321 e. The molecule has 0 radical (unpaired) electrons. The number of ether oxygens (including phenoxy) is 1. The first-order valence-electron chi connectivity index (χ1n) is 4.62. The number of carbonyl (C=O) groups excluding carboxylic acids is 2. The monoisotopic (exact) mass is 202 g/mol. The van der Waals surface area contributed by atoms with Gasteiger partial charge in [-0.1, -0.05) is 30.3 Å². The molecule has 3 heteroatoms. The van der Waals surface area contributed by atoms with Gasteiger partial charge in [0.1, 0.15) is 5.92 Å². The minimum atomic E-state index is -0.795. The number of rotatable bonds is 1.